The van der Waals surface area contributed by atoms with Gasteiger partial charge in [0.2, 0.25) is 15.9 Å². The first-order valence-electron chi connectivity index (χ1n) is 7.49. The second-order valence-electron chi connectivity index (χ2n) is 5.70. The Hall–Kier alpha value is -2.55. The number of benzene rings is 2. The van der Waals surface area contributed by atoms with Crippen LogP contribution in [0.15, 0.2) is 48.5 Å². The lowest BCUT2D eigenvalue weighted by Gasteiger charge is -2.25. The molecule has 0 aromatic heterocycles. The molecule has 2 aromatic rings. The number of nitrogens with one attached hydrogen (secondary N) is 1. The van der Waals surface area contributed by atoms with E-state index in [1.807, 2.05) is 0 Å². The summed E-state index contributed by atoms with van der Waals surface area (Å²) in [6.07, 6.45) is -4.01. The van der Waals surface area contributed by atoms with Crippen LogP contribution >= 0.6 is 0 Å². The third-order valence-electron chi connectivity index (χ3n) is 3.47. The average molecular weight is 386 g/mol. The van der Waals surface area contributed by atoms with Gasteiger partial charge in [-0.3, -0.25) is 9.10 Å². The van der Waals surface area contributed by atoms with Gasteiger partial charge in [0.15, 0.2) is 0 Å². The van der Waals surface area contributed by atoms with E-state index in [-0.39, 0.29) is 0 Å². The molecule has 1 amide bonds. The summed E-state index contributed by atoms with van der Waals surface area (Å²) in [5.41, 5.74) is -0.437. The van der Waals surface area contributed by atoms with Crippen molar-refractivity contribution >= 4 is 27.3 Å². The Balaban J connectivity index is 2.34. The molecule has 0 aliphatic carbocycles. The molecule has 5 nitrogen and oxygen atoms in total. The maximum absolute atomic E-state index is 13.2. The molecule has 0 radical (unpaired) electrons. The highest BCUT2D eigenvalue weighted by atomic mass is 32.2. The van der Waals surface area contributed by atoms with E-state index in [9.17, 15) is 26.4 Å². The van der Waals surface area contributed by atoms with Gasteiger partial charge in [-0.15, -0.1) is 0 Å². The number of hydrogen-bond donors (Lipinski definition) is 1. The first-order valence-corrected chi connectivity index (χ1v) is 9.34. The molecule has 9 heteroatoms. The van der Waals surface area contributed by atoms with Crippen LogP contribution in [0.3, 0.4) is 0 Å². The Morgan fingerprint density at radius 3 is 2.35 bits per heavy atom. The summed E-state index contributed by atoms with van der Waals surface area (Å²) in [5.74, 6) is -0.752. The third kappa shape index (κ3) is 4.98. The number of sulfonamides is 1. The van der Waals surface area contributed by atoms with Crippen molar-refractivity contribution in [2.75, 3.05) is 22.4 Å². The molecular formula is C17H17F3N2O3S. The van der Waals surface area contributed by atoms with E-state index in [1.165, 1.54) is 6.07 Å². The Labute approximate surface area is 149 Å². The van der Waals surface area contributed by atoms with E-state index in [1.54, 1.807) is 31.2 Å². The smallest absolute Gasteiger partial charge is 0.325 e. The minimum absolute atomic E-state index is 0.424. The highest BCUT2D eigenvalue weighted by Crippen LogP contribution is 2.37. The van der Waals surface area contributed by atoms with E-state index in [2.05, 4.69) is 5.32 Å². The molecule has 0 unspecified atom stereocenters. The number of amides is 1. The fourth-order valence-corrected chi connectivity index (χ4v) is 3.23. The van der Waals surface area contributed by atoms with Gasteiger partial charge in [-0.25, -0.2) is 8.42 Å². The quantitative estimate of drug-likeness (QED) is 0.856. The average Bonchev–Trinajstić information content (AvgIpc) is 2.51. The summed E-state index contributed by atoms with van der Waals surface area (Å²) in [7, 11) is -4.12. The zero-order valence-electron chi connectivity index (χ0n) is 14.0. The number of aryl methyl sites for hydroxylation is 1. The highest BCUT2D eigenvalue weighted by molar-refractivity contribution is 7.92. The van der Waals surface area contributed by atoms with E-state index in [0.29, 0.717) is 9.99 Å². The Morgan fingerprint density at radius 1 is 1.12 bits per heavy atom. The van der Waals surface area contributed by atoms with Crippen LogP contribution in [0.5, 0.6) is 0 Å². The molecule has 0 aliphatic heterocycles. The number of carbonyl (C=O) groups is 1. The minimum atomic E-state index is -4.76. The van der Waals surface area contributed by atoms with Gasteiger partial charge >= 0.3 is 6.18 Å². The van der Waals surface area contributed by atoms with Gasteiger partial charge in [-0.05, 0) is 36.8 Å². The van der Waals surface area contributed by atoms with Crippen LogP contribution in [0.4, 0.5) is 24.5 Å². The number of anilines is 2. The predicted molar refractivity (Wildman–Crippen MR) is 93.4 cm³/mol. The second kappa shape index (κ2) is 7.36. The number of hydrogen-bond acceptors (Lipinski definition) is 3. The van der Waals surface area contributed by atoms with Crippen molar-refractivity contribution < 1.29 is 26.4 Å². The van der Waals surface area contributed by atoms with Gasteiger partial charge in [0, 0.05) is 5.69 Å². The van der Waals surface area contributed by atoms with E-state index >= 15 is 0 Å². The largest absolute Gasteiger partial charge is 0.418 e. The number of para-hydroxylation sites is 1. The molecule has 0 bridgehead atoms. The summed E-state index contributed by atoms with van der Waals surface area (Å²) in [6.45, 7) is 1.03. The maximum atomic E-state index is 13.2. The van der Waals surface area contributed by atoms with Gasteiger partial charge in [0.25, 0.3) is 0 Å². The van der Waals surface area contributed by atoms with Crippen molar-refractivity contribution in [1.82, 2.24) is 0 Å². The van der Waals surface area contributed by atoms with Gasteiger partial charge in [0.1, 0.15) is 6.54 Å². The molecule has 0 saturated heterocycles. The molecule has 26 heavy (non-hydrogen) atoms. The lowest BCUT2D eigenvalue weighted by Crippen LogP contribution is -2.38. The predicted octanol–water partition coefficient (Wildman–Crippen LogP) is 3.42. The summed E-state index contributed by atoms with van der Waals surface area (Å²) in [5, 5.41) is 2.49. The number of halogens is 3. The standard InChI is InChI=1S/C17H17F3N2O3S/c1-12-6-5-7-13(10-12)21-16(23)11-22(26(2,24)25)15-9-4-3-8-14(15)17(18,19)20/h3-10H,11H2,1-2H3,(H,21,23). The van der Waals surface area contributed by atoms with Crippen LogP contribution in [0, 0.1) is 6.92 Å². The molecule has 0 spiro atoms. The Morgan fingerprint density at radius 2 is 1.77 bits per heavy atom. The van der Waals surface area contributed by atoms with Crippen LogP contribution < -0.4 is 9.62 Å². The monoisotopic (exact) mass is 386 g/mol. The van der Waals surface area contributed by atoms with Crippen LogP contribution in [0.1, 0.15) is 11.1 Å². The SMILES string of the molecule is Cc1cccc(NC(=O)CN(c2ccccc2C(F)(F)F)S(C)(=O)=O)c1. The minimum Gasteiger partial charge on any atom is -0.325 e. The van der Waals surface area contributed by atoms with Gasteiger partial charge < -0.3 is 5.32 Å². The number of alkyl halides is 3. The first-order chi connectivity index (χ1) is 12.0. The molecule has 2 rings (SSSR count). The Bertz CT molecular complexity index is 911. The zero-order chi connectivity index (χ0) is 19.5. The maximum Gasteiger partial charge on any atom is 0.418 e. The molecular weight excluding hydrogens is 369 g/mol. The number of carbonyl (C=O) groups excluding carboxylic acids is 1. The van der Waals surface area contributed by atoms with E-state index < -0.39 is 39.9 Å². The lowest BCUT2D eigenvalue weighted by atomic mass is 10.1. The van der Waals surface area contributed by atoms with Crippen molar-refractivity contribution in [3.05, 3.63) is 59.7 Å². The summed E-state index contributed by atoms with van der Waals surface area (Å²) in [4.78, 5) is 12.2. The van der Waals surface area contributed by atoms with Crippen LogP contribution in [-0.2, 0) is 21.0 Å². The fraction of sp³-hybridized carbons (Fsp3) is 0.235. The lowest BCUT2D eigenvalue weighted by molar-refractivity contribution is -0.137. The van der Waals surface area contributed by atoms with Crippen LogP contribution in [-0.4, -0.2) is 27.1 Å². The van der Waals surface area contributed by atoms with Crippen molar-refractivity contribution in [2.45, 2.75) is 13.1 Å². The molecule has 0 saturated carbocycles. The summed E-state index contributed by atoms with van der Waals surface area (Å²) >= 11 is 0. The summed E-state index contributed by atoms with van der Waals surface area (Å²) in [6, 6.07) is 11.0. The van der Waals surface area contributed by atoms with E-state index in [0.717, 1.165) is 30.0 Å². The second-order valence-corrected chi connectivity index (χ2v) is 7.61. The third-order valence-corrected chi connectivity index (χ3v) is 4.59. The van der Waals surface area contributed by atoms with Crippen molar-refractivity contribution in [2.24, 2.45) is 0 Å². The van der Waals surface area contributed by atoms with Crippen molar-refractivity contribution in [1.29, 1.82) is 0 Å². The van der Waals surface area contributed by atoms with Crippen molar-refractivity contribution in [3.8, 4) is 0 Å². The molecule has 0 aliphatic rings. The van der Waals surface area contributed by atoms with Crippen LogP contribution in [0.2, 0.25) is 0 Å². The Kier molecular flexibility index (Phi) is 5.60. The van der Waals surface area contributed by atoms with Gasteiger partial charge in [0.05, 0.1) is 17.5 Å². The first kappa shape index (κ1) is 19.8. The summed E-state index contributed by atoms with van der Waals surface area (Å²) < 4.78 is 64.1. The topological polar surface area (TPSA) is 66.5 Å². The molecule has 1 N–H and O–H groups in total. The van der Waals surface area contributed by atoms with Gasteiger partial charge in [-0.2, -0.15) is 13.2 Å². The number of nitrogens with zero attached hydrogens (tertiary/aromatic N) is 1. The normalized spacial score (nSPS) is 11.9. The molecule has 0 atom stereocenters. The molecule has 0 heterocycles. The molecule has 0 fully saturated rings. The van der Waals surface area contributed by atoms with Crippen molar-refractivity contribution in [3.63, 3.8) is 0 Å². The van der Waals surface area contributed by atoms with E-state index in [4.69, 9.17) is 0 Å². The number of rotatable bonds is 5. The molecule has 140 valence electrons. The zero-order valence-corrected chi connectivity index (χ0v) is 14.9. The fourth-order valence-electron chi connectivity index (χ4n) is 2.37. The highest BCUT2D eigenvalue weighted by Gasteiger charge is 2.36. The molecule has 2 aromatic carbocycles. The van der Waals surface area contributed by atoms with Crippen LogP contribution in [0.25, 0.3) is 0 Å². The van der Waals surface area contributed by atoms with Gasteiger partial charge in [-0.1, -0.05) is 24.3 Å².